The monoisotopic (exact) mass is 197 g/mol. The summed E-state index contributed by atoms with van der Waals surface area (Å²) in [5.74, 6) is 0. The number of hydrogen-bond acceptors (Lipinski definition) is 3. The van der Waals surface area contributed by atoms with Crippen LogP contribution in [0.4, 0.5) is 5.00 Å². The molecule has 0 saturated carbocycles. The molecule has 0 aromatic carbocycles. The highest BCUT2D eigenvalue weighted by atomic mass is 35.5. The summed E-state index contributed by atoms with van der Waals surface area (Å²) < 4.78 is 0.258. The SMILES string of the molecule is O=[N+]([O-])c1cc(Cl)c(Cl)s1. The van der Waals surface area contributed by atoms with Crippen molar-refractivity contribution in [3.05, 3.63) is 25.5 Å². The summed E-state index contributed by atoms with van der Waals surface area (Å²) in [6, 6.07) is 1.23. The third kappa shape index (κ3) is 1.39. The van der Waals surface area contributed by atoms with Gasteiger partial charge in [0.05, 0.1) is 9.95 Å². The molecule has 0 bridgehead atoms. The van der Waals surface area contributed by atoms with E-state index in [0.29, 0.717) is 0 Å². The van der Waals surface area contributed by atoms with Crippen molar-refractivity contribution in [1.29, 1.82) is 0 Å². The lowest BCUT2D eigenvalue weighted by Crippen LogP contribution is -1.80. The summed E-state index contributed by atoms with van der Waals surface area (Å²) in [4.78, 5) is 9.54. The number of halogens is 2. The van der Waals surface area contributed by atoms with Crippen molar-refractivity contribution in [3.8, 4) is 0 Å². The van der Waals surface area contributed by atoms with E-state index in [0.717, 1.165) is 11.3 Å². The zero-order valence-electron chi connectivity index (χ0n) is 4.51. The Balaban J connectivity index is 3.10. The molecule has 1 heterocycles. The van der Waals surface area contributed by atoms with Crippen LogP contribution in [0, 0.1) is 10.1 Å². The molecule has 3 nitrogen and oxygen atoms in total. The second-order valence-corrected chi connectivity index (χ2v) is 3.50. The zero-order chi connectivity index (χ0) is 7.72. The Kier molecular flexibility index (Phi) is 2.13. The Bertz CT molecular complexity index is 253. The maximum Gasteiger partial charge on any atom is 0.327 e. The smallest absolute Gasteiger partial charge is 0.258 e. The molecule has 0 saturated heterocycles. The highest BCUT2D eigenvalue weighted by Gasteiger charge is 2.12. The van der Waals surface area contributed by atoms with E-state index in [2.05, 4.69) is 0 Å². The Hall–Kier alpha value is -0.320. The van der Waals surface area contributed by atoms with E-state index in [-0.39, 0.29) is 14.4 Å². The second kappa shape index (κ2) is 2.74. The fraction of sp³-hybridized carbons (Fsp3) is 0. The van der Waals surface area contributed by atoms with E-state index in [1.54, 1.807) is 0 Å². The molecule has 1 aromatic rings. The van der Waals surface area contributed by atoms with Gasteiger partial charge in [-0.1, -0.05) is 23.2 Å². The van der Waals surface area contributed by atoms with Crippen LogP contribution in [0.25, 0.3) is 0 Å². The van der Waals surface area contributed by atoms with Crippen molar-refractivity contribution in [3.63, 3.8) is 0 Å². The molecule has 0 unspecified atom stereocenters. The largest absolute Gasteiger partial charge is 0.327 e. The summed E-state index contributed by atoms with van der Waals surface area (Å²) in [5.41, 5.74) is 0. The lowest BCUT2D eigenvalue weighted by Gasteiger charge is -1.77. The van der Waals surface area contributed by atoms with Crippen LogP contribution in [0.5, 0.6) is 0 Å². The molecule has 0 aliphatic rings. The predicted octanol–water partition coefficient (Wildman–Crippen LogP) is 2.96. The molecule has 1 rings (SSSR count). The van der Waals surface area contributed by atoms with E-state index >= 15 is 0 Å². The predicted molar refractivity (Wildman–Crippen MR) is 41.0 cm³/mol. The minimum atomic E-state index is -0.525. The van der Waals surface area contributed by atoms with Gasteiger partial charge in [0.2, 0.25) is 0 Å². The topological polar surface area (TPSA) is 43.1 Å². The van der Waals surface area contributed by atoms with Gasteiger partial charge in [-0.15, -0.1) is 0 Å². The van der Waals surface area contributed by atoms with Crippen LogP contribution in [-0.2, 0) is 0 Å². The third-order valence-corrected chi connectivity index (χ3v) is 2.63. The number of nitrogens with zero attached hydrogens (tertiary/aromatic N) is 1. The van der Waals surface area contributed by atoms with Gasteiger partial charge in [0.1, 0.15) is 4.34 Å². The summed E-state index contributed by atoms with van der Waals surface area (Å²) in [6.07, 6.45) is 0. The molecule has 0 aliphatic carbocycles. The first-order valence-corrected chi connectivity index (χ1v) is 3.77. The van der Waals surface area contributed by atoms with Gasteiger partial charge in [0.25, 0.3) is 0 Å². The van der Waals surface area contributed by atoms with Crippen molar-refractivity contribution in [2.75, 3.05) is 0 Å². The van der Waals surface area contributed by atoms with Crippen LogP contribution in [-0.4, -0.2) is 4.92 Å². The minimum Gasteiger partial charge on any atom is -0.258 e. The second-order valence-electron chi connectivity index (χ2n) is 1.46. The van der Waals surface area contributed by atoms with Crippen molar-refractivity contribution in [2.45, 2.75) is 0 Å². The molecule has 10 heavy (non-hydrogen) atoms. The molecular formula is C4HCl2NO2S. The number of hydrogen-bond donors (Lipinski definition) is 0. The van der Waals surface area contributed by atoms with Crippen molar-refractivity contribution >= 4 is 39.5 Å². The lowest BCUT2D eigenvalue weighted by molar-refractivity contribution is -0.380. The van der Waals surface area contributed by atoms with Crippen LogP contribution in [0.2, 0.25) is 9.36 Å². The quantitative estimate of drug-likeness (QED) is 0.514. The Labute approximate surface area is 70.3 Å². The Morgan fingerprint density at radius 3 is 2.40 bits per heavy atom. The summed E-state index contributed by atoms with van der Waals surface area (Å²) in [6.45, 7) is 0. The lowest BCUT2D eigenvalue weighted by atomic mass is 10.6. The van der Waals surface area contributed by atoms with Gasteiger partial charge < -0.3 is 0 Å². The average Bonchev–Trinajstić information content (AvgIpc) is 2.13. The van der Waals surface area contributed by atoms with Crippen LogP contribution in [0.1, 0.15) is 0 Å². The van der Waals surface area contributed by atoms with Crippen LogP contribution < -0.4 is 0 Å². The number of thiophene rings is 1. The highest BCUT2D eigenvalue weighted by molar-refractivity contribution is 7.19. The minimum absolute atomic E-state index is 0.0324. The molecule has 54 valence electrons. The van der Waals surface area contributed by atoms with Gasteiger partial charge in [-0.25, -0.2) is 0 Å². The first-order chi connectivity index (χ1) is 4.61. The zero-order valence-corrected chi connectivity index (χ0v) is 6.83. The van der Waals surface area contributed by atoms with E-state index in [4.69, 9.17) is 23.2 Å². The van der Waals surface area contributed by atoms with Crippen molar-refractivity contribution in [2.24, 2.45) is 0 Å². The van der Waals surface area contributed by atoms with Gasteiger partial charge in [0, 0.05) is 6.07 Å². The molecule has 0 atom stereocenters. The van der Waals surface area contributed by atoms with Gasteiger partial charge in [-0.2, -0.15) is 0 Å². The molecule has 0 radical (unpaired) electrons. The Morgan fingerprint density at radius 2 is 2.20 bits per heavy atom. The van der Waals surface area contributed by atoms with Crippen LogP contribution in [0.3, 0.4) is 0 Å². The molecule has 0 N–H and O–H groups in total. The van der Waals surface area contributed by atoms with E-state index in [1.165, 1.54) is 6.07 Å². The van der Waals surface area contributed by atoms with Gasteiger partial charge >= 0.3 is 5.00 Å². The van der Waals surface area contributed by atoms with Crippen molar-refractivity contribution < 1.29 is 4.92 Å². The first kappa shape index (κ1) is 7.78. The molecule has 0 aliphatic heterocycles. The molecule has 6 heteroatoms. The summed E-state index contributed by atoms with van der Waals surface area (Å²) >= 11 is 11.8. The molecule has 0 fully saturated rings. The van der Waals surface area contributed by atoms with E-state index in [9.17, 15) is 10.1 Å². The number of nitro groups is 1. The summed E-state index contributed by atoms with van der Waals surface area (Å²) in [7, 11) is 0. The fourth-order valence-corrected chi connectivity index (χ4v) is 1.59. The van der Waals surface area contributed by atoms with E-state index in [1.807, 2.05) is 0 Å². The molecular weight excluding hydrogens is 197 g/mol. The summed E-state index contributed by atoms with van der Waals surface area (Å²) in [5, 5.41) is 10.3. The standard InChI is InChI=1S/C4HCl2NO2S/c5-2-1-3(7(8)9)10-4(2)6/h1H. The maximum absolute atomic E-state index is 10.1. The Morgan fingerprint density at radius 1 is 1.60 bits per heavy atom. The molecule has 0 spiro atoms. The maximum atomic E-state index is 10.1. The number of rotatable bonds is 1. The normalized spacial score (nSPS) is 9.80. The highest BCUT2D eigenvalue weighted by Crippen LogP contribution is 2.35. The fourth-order valence-electron chi connectivity index (χ4n) is 0.425. The molecule has 0 amide bonds. The van der Waals surface area contributed by atoms with Gasteiger partial charge in [0.15, 0.2) is 0 Å². The first-order valence-electron chi connectivity index (χ1n) is 2.20. The van der Waals surface area contributed by atoms with Crippen LogP contribution in [0.15, 0.2) is 6.07 Å². The molecule has 1 aromatic heterocycles. The van der Waals surface area contributed by atoms with Gasteiger partial charge in [-0.3, -0.25) is 10.1 Å². The van der Waals surface area contributed by atoms with Crippen LogP contribution >= 0.6 is 34.5 Å². The van der Waals surface area contributed by atoms with Crippen molar-refractivity contribution in [1.82, 2.24) is 0 Å². The third-order valence-electron chi connectivity index (χ3n) is 0.812. The van der Waals surface area contributed by atoms with Gasteiger partial charge in [-0.05, 0) is 11.3 Å². The average molecular weight is 198 g/mol. The van der Waals surface area contributed by atoms with E-state index < -0.39 is 4.92 Å².